The van der Waals surface area contributed by atoms with Gasteiger partial charge in [0.15, 0.2) is 11.8 Å². The van der Waals surface area contributed by atoms with Crippen LogP contribution in [0.1, 0.15) is 111 Å². The first-order valence-electron chi connectivity index (χ1n) is 17.7. The Kier molecular flexibility index (Phi) is 12.2. The second-order valence-electron chi connectivity index (χ2n) is 14.8. The quantitative estimate of drug-likeness (QED) is 0.129. The Hall–Kier alpha value is -1.84. The molecule has 48 heavy (non-hydrogen) atoms. The predicted octanol–water partition coefficient (Wildman–Crippen LogP) is 5.33. The molecule has 3 aliphatic heterocycles. The number of unbranched alkanes of at least 4 members (excludes halogenated alkanes) is 4. The SMILES string of the molecule is CCCCCC1(CCCCC)OC2C3CC4(C(=O)NC(CO)CCC(=O)OC(C)(C)C)C(ON(Cc5ccc(I)cc5)C4C(=O)O3)C2O1. The molecule has 7 atom stereocenters. The topological polar surface area (TPSA) is 133 Å². The Labute approximate surface area is 298 Å². The monoisotopic (exact) mass is 784 g/mol. The molecular weight excluding hydrogens is 731 g/mol. The third kappa shape index (κ3) is 8.04. The molecule has 4 fully saturated rings. The molecule has 3 saturated heterocycles. The highest BCUT2D eigenvalue weighted by atomic mass is 127. The zero-order valence-corrected chi connectivity index (χ0v) is 31.2. The molecule has 0 spiro atoms. The molecule has 1 aliphatic carbocycles. The minimum Gasteiger partial charge on any atom is -0.460 e. The van der Waals surface area contributed by atoms with Gasteiger partial charge < -0.3 is 29.4 Å². The average Bonchev–Trinajstić information content (AvgIpc) is 3.58. The summed E-state index contributed by atoms with van der Waals surface area (Å²) in [6, 6.07) is 6.14. The number of rotatable bonds is 16. The van der Waals surface area contributed by atoms with Crippen LogP contribution in [0.2, 0.25) is 0 Å². The largest absolute Gasteiger partial charge is 0.460 e. The van der Waals surface area contributed by atoms with Gasteiger partial charge in [-0.1, -0.05) is 51.7 Å². The van der Waals surface area contributed by atoms with E-state index in [2.05, 4.69) is 41.8 Å². The van der Waals surface area contributed by atoms with Crippen LogP contribution in [0, 0.1) is 8.99 Å². The van der Waals surface area contributed by atoms with Crippen molar-refractivity contribution in [1.82, 2.24) is 10.4 Å². The third-order valence-electron chi connectivity index (χ3n) is 9.92. The molecule has 1 aromatic rings. The van der Waals surface area contributed by atoms with E-state index in [1.165, 1.54) is 0 Å². The molecule has 7 unspecified atom stereocenters. The molecule has 4 aliphatic rings. The number of nitrogens with one attached hydrogen (secondary N) is 1. The van der Waals surface area contributed by atoms with Crippen LogP contribution in [-0.2, 0) is 44.7 Å². The van der Waals surface area contributed by atoms with Crippen LogP contribution in [0.15, 0.2) is 24.3 Å². The van der Waals surface area contributed by atoms with Crippen molar-refractivity contribution in [1.29, 1.82) is 0 Å². The summed E-state index contributed by atoms with van der Waals surface area (Å²) in [7, 11) is 0. The fourth-order valence-electron chi connectivity index (χ4n) is 7.68. The molecule has 2 N–H and O–H groups in total. The molecule has 0 aromatic heterocycles. The van der Waals surface area contributed by atoms with Gasteiger partial charge in [-0.2, -0.15) is 5.06 Å². The number of amides is 1. The summed E-state index contributed by atoms with van der Waals surface area (Å²) in [4.78, 5) is 47.8. The van der Waals surface area contributed by atoms with Gasteiger partial charge in [-0.25, -0.2) is 0 Å². The molecule has 1 aromatic carbocycles. The number of hydrogen-bond donors (Lipinski definition) is 2. The minimum atomic E-state index is -1.37. The van der Waals surface area contributed by atoms with Crippen LogP contribution in [-0.4, -0.2) is 82.5 Å². The van der Waals surface area contributed by atoms with E-state index in [1.54, 1.807) is 25.8 Å². The summed E-state index contributed by atoms with van der Waals surface area (Å²) < 4.78 is 26.4. The van der Waals surface area contributed by atoms with Crippen LogP contribution in [0.4, 0.5) is 0 Å². The number of aliphatic hydroxyl groups is 1. The van der Waals surface area contributed by atoms with Crippen molar-refractivity contribution >= 4 is 40.4 Å². The Morgan fingerprint density at radius 3 is 2.31 bits per heavy atom. The lowest BCUT2D eigenvalue weighted by Gasteiger charge is -2.49. The van der Waals surface area contributed by atoms with Gasteiger partial charge in [-0.05, 0) is 80.3 Å². The first kappa shape index (κ1) is 37.4. The van der Waals surface area contributed by atoms with E-state index in [0.29, 0.717) is 12.8 Å². The normalized spacial score (nSPS) is 29.6. The Balaban J connectivity index is 1.46. The second kappa shape index (κ2) is 15.6. The van der Waals surface area contributed by atoms with Crippen molar-refractivity contribution in [2.75, 3.05) is 6.61 Å². The van der Waals surface area contributed by atoms with Gasteiger partial charge in [0.2, 0.25) is 5.91 Å². The smallest absolute Gasteiger partial charge is 0.327 e. The first-order valence-corrected chi connectivity index (χ1v) is 18.8. The summed E-state index contributed by atoms with van der Waals surface area (Å²) in [6.07, 6.45) is 5.10. The summed E-state index contributed by atoms with van der Waals surface area (Å²) in [5.74, 6) is -2.24. The van der Waals surface area contributed by atoms with Crippen LogP contribution in [0.3, 0.4) is 0 Å². The van der Waals surface area contributed by atoms with Gasteiger partial charge in [0.05, 0.1) is 19.2 Å². The van der Waals surface area contributed by atoms with Gasteiger partial charge in [0.1, 0.15) is 35.4 Å². The van der Waals surface area contributed by atoms with Gasteiger partial charge in [0.25, 0.3) is 0 Å². The predicted molar refractivity (Wildman–Crippen MR) is 185 cm³/mol. The molecule has 1 saturated carbocycles. The number of carbonyl (C=O) groups is 3. The van der Waals surface area contributed by atoms with Gasteiger partial charge in [0, 0.05) is 29.3 Å². The highest BCUT2D eigenvalue weighted by Crippen LogP contribution is 2.58. The van der Waals surface area contributed by atoms with Gasteiger partial charge in [-0.3, -0.25) is 19.2 Å². The number of ether oxygens (including phenoxy) is 4. The molecule has 2 bridgehead atoms. The maximum absolute atomic E-state index is 14.6. The Bertz CT molecular complexity index is 1280. The van der Waals surface area contributed by atoms with Gasteiger partial charge in [-0.15, -0.1) is 0 Å². The van der Waals surface area contributed by atoms with E-state index in [9.17, 15) is 19.5 Å². The zero-order valence-electron chi connectivity index (χ0n) is 29.0. The van der Waals surface area contributed by atoms with E-state index >= 15 is 0 Å². The number of esters is 2. The molecule has 0 radical (unpaired) electrons. The molecule has 11 nitrogen and oxygen atoms in total. The number of nitrogens with zero attached hydrogens (tertiary/aromatic N) is 1. The fourth-order valence-corrected chi connectivity index (χ4v) is 8.04. The number of hydrogen-bond acceptors (Lipinski definition) is 10. The van der Waals surface area contributed by atoms with E-state index in [4.69, 9.17) is 23.8 Å². The maximum atomic E-state index is 14.6. The summed E-state index contributed by atoms with van der Waals surface area (Å²) >= 11 is 2.24. The average molecular weight is 785 g/mol. The third-order valence-corrected chi connectivity index (χ3v) is 10.6. The van der Waals surface area contributed by atoms with E-state index in [0.717, 1.165) is 47.7 Å². The summed E-state index contributed by atoms with van der Waals surface area (Å²) in [5.41, 5.74) is -1.10. The second-order valence-corrected chi connectivity index (χ2v) is 16.1. The van der Waals surface area contributed by atoms with Crippen molar-refractivity contribution < 1.29 is 43.3 Å². The number of hydroxylamine groups is 2. The lowest BCUT2D eigenvalue weighted by atomic mass is 9.62. The molecule has 268 valence electrons. The zero-order chi connectivity index (χ0) is 34.7. The lowest BCUT2D eigenvalue weighted by molar-refractivity contribution is -0.224. The standard InChI is InChI=1S/C36H53IN2O9/c1-6-8-10-18-35(19-11-9-7-2)46-28-26-20-36(33(43)38-25(22-40)16-17-27(41)45-34(3,4)5)30(32(42)44-26)39(48-31(36)29(28)47-35)21-23-12-14-24(37)15-13-23/h12-15,25-26,28-31,40H,6-11,16-22H2,1-5H3,(H,38,43). The summed E-state index contributed by atoms with van der Waals surface area (Å²) in [5, 5.41) is 14.9. The number of halogens is 1. The minimum absolute atomic E-state index is 0.0163. The highest BCUT2D eigenvalue weighted by molar-refractivity contribution is 14.1. The summed E-state index contributed by atoms with van der Waals surface area (Å²) in [6.45, 7) is 9.56. The number of aliphatic hydroxyl groups excluding tert-OH is 1. The molecular formula is C36H53IN2O9. The molecule has 5 rings (SSSR count). The maximum Gasteiger partial charge on any atom is 0.327 e. The van der Waals surface area contributed by atoms with Crippen LogP contribution < -0.4 is 5.32 Å². The van der Waals surface area contributed by atoms with Crippen molar-refractivity contribution in [2.24, 2.45) is 5.41 Å². The number of fused-ring (bicyclic) bond motifs is 4. The van der Waals surface area contributed by atoms with Crippen LogP contribution in [0.25, 0.3) is 0 Å². The van der Waals surface area contributed by atoms with Crippen molar-refractivity contribution in [2.45, 2.75) is 160 Å². The van der Waals surface area contributed by atoms with Crippen molar-refractivity contribution in [3.63, 3.8) is 0 Å². The van der Waals surface area contributed by atoms with Crippen LogP contribution in [0.5, 0.6) is 0 Å². The van der Waals surface area contributed by atoms with Crippen molar-refractivity contribution in [3.8, 4) is 0 Å². The van der Waals surface area contributed by atoms with Crippen molar-refractivity contribution in [3.05, 3.63) is 33.4 Å². The van der Waals surface area contributed by atoms with E-state index < -0.39 is 71.1 Å². The molecule has 12 heteroatoms. The number of benzene rings is 1. The van der Waals surface area contributed by atoms with Crippen LogP contribution >= 0.6 is 22.6 Å². The molecule has 3 heterocycles. The fraction of sp³-hybridized carbons (Fsp3) is 0.750. The van der Waals surface area contributed by atoms with E-state index in [1.807, 2.05) is 24.3 Å². The molecule has 1 amide bonds. The lowest BCUT2D eigenvalue weighted by Crippen LogP contribution is -2.70. The Morgan fingerprint density at radius 2 is 1.71 bits per heavy atom. The highest BCUT2D eigenvalue weighted by Gasteiger charge is 2.76. The van der Waals surface area contributed by atoms with E-state index in [-0.39, 0.29) is 32.4 Å². The van der Waals surface area contributed by atoms with Gasteiger partial charge >= 0.3 is 11.9 Å². The number of carbonyl (C=O) groups excluding carboxylic acids is 3. The Morgan fingerprint density at radius 1 is 1.06 bits per heavy atom. The first-order chi connectivity index (χ1) is 22.8.